The van der Waals surface area contributed by atoms with E-state index in [0.717, 1.165) is 27.4 Å². The van der Waals surface area contributed by atoms with E-state index in [-0.39, 0.29) is 17.4 Å². The van der Waals surface area contributed by atoms with Gasteiger partial charge in [0.1, 0.15) is 17.1 Å². The number of carbonyl (C=O) groups is 1. The zero-order chi connectivity index (χ0) is 22.9. The molecule has 0 saturated carbocycles. The molecule has 0 aliphatic carbocycles. The van der Waals surface area contributed by atoms with Crippen LogP contribution >= 0.6 is 11.6 Å². The van der Waals surface area contributed by atoms with Gasteiger partial charge in [0.05, 0.1) is 22.4 Å². The lowest BCUT2D eigenvalue weighted by atomic mass is 10.1. The van der Waals surface area contributed by atoms with Gasteiger partial charge in [-0.05, 0) is 41.3 Å². The Morgan fingerprint density at radius 1 is 1.12 bits per heavy atom. The summed E-state index contributed by atoms with van der Waals surface area (Å²) in [5.41, 5.74) is 8.81. The molecule has 8 nitrogen and oxygen atoms in total. The molecule has 0 saturated heterocycles. The Balaban J connectivity index is 1.37. The van der Waals surface area contributed by atoms with Crippen molar-refractivity contribution in [2.75, 3.05) is 5.73 Å². The third-order valence-electron chi connectivity index (χ3n) is 5.29. The molecule has 3 N–H and O–H groups in total. The molecule has 0 unspecified atom stereocenters. The molecule has 9 heteroatoms. The number of fused-ring (bicyclic) bond motifs is 2. The summed E-state index contributed by atoms with van der Waals surface area (Å²) in [6.07, 6.45) is 4.82. The van der Waals surface area contributed by atoms with E-state index in [9.17, 15) is 4.79 Å². The summed E-state index contributed by atoms with van der Waals surface area (Å²) >= 11 is 6.11. The molecule has 0 fully saturated rings. The van der Waals surface area contributed by atoms with Crippen LogP contribution in [0.25, 0.3) is 21.8 Å². The van der Waals surface area contributed by atoms with E-state index in [4.69, 9.17) is 22.1 Å². The largest absolute Gasteiger partial charge is 0.438 e. The number of nitrogens with zero attached hydrogens (tertiary/aromatic N) is 4. The Morgan fingerprint density at radius 2 is 2.00 bits per heavy atom. The number of pyridine rings is 2. The van der Waals surface area contributed by atoms with Gasteiger partial charge >= 0.3 is 0 Å². The Labute approximate surface area is 194 Å². The molecule has 0 spiro atoms. The number of nitrogen functional groups attached to an aromatic ring is 1. The number of carbonyl (C=O) groups excluding carboxylic acids is 1. The minimum atomic E-state index is -0.353. The van der Waals surface area contributed by atoms with Crippen LogP contribution in [0.3, 0.4) is 0 Å². The Kier molecular flexibility index (Phi) is 5.27. The minimum absolute atomic E-state index is 0.157. The smallest absolute Gasteiger partial charge is 0.257 e. The first-order chi connectivity index (χ1) is 16.0. The molecule has 2 aromatic carbocycles. The van der Waals surface area contributed by atoms with Gasteiger partial charge in [0.15, 0.2) is 0 Å². The van der Waals surface area contributed by atoms with Gasteiger partial charge in [-0.1, -0.05) is 23.7 Å². The first-order valence-electron chi connectivity index (χ1n) is 10.1. The number of aromatic nitrogens is 4. The van der Waals surface area contributed by atoms with Crippen molar-refractivity contribution in [1.29, 1.82) is 0 Å². The predicted molar refractivity (Wildman–Crippen MR) is 127 cm³/mol. The van der Waals surface area contributed by atoms with Gasteiger partial charge in [0, 0.05) is 37.4 Å². The summed E-state index contributed by atoms with van der Waals surface area (Å²) < 4.78 is 7.84. The number of nitrogens with one attached hydrogen (secondary N) is 1. The molecule has 3 heterocycles. The lowest BCUT2D eigenvalue weighted by Gasteiger charge is -2.12. The topological polar surface area (TPSA) is 108 Å². The Hall–Kier alpha value is -4.17. The minimum Gasteiger partial charge on any atom is -0.438 e. The van der Waals surface area contributed by atoms with Gasteiger partial charge in [-0.3, -0.25) is 4.79 Å². The molecule has 1 amide bonds. The van der Waals surface area contributed by atoms with E-state index in [2.05, 4.69) is 20.3 Å². The number of nitrogens with two attached hydrogens (primary N) is 1. The molecule has 0 bridgehead atoms. The summed E-state index contributed by atoms with van der Waals surface area (Å²) in [5, 5.41) is 5.05. The number of hydrogen-bond donors (Lipinski definition) is 2. The molecule has 3 aromatic heterocycles. The van der Waals surface area contributed by atoms with Gasteiger partial charge < -0.3 is 20.4 Å². The molecule has 0 radical (unpaired) electrons. The first kappa shape index (κ1) is 20.7. The van der Waals surface area contributed by atoms with Crippen LogP contribution in [0.2, 0.25) is 5.02 Å². The average Bonchev–Trinajstić information content (AvgIpc) is 3.18. The molecule has 33 heavy (non-hydrogen) atoms. The number of hydrogen-bond acceptors (Lipinski definition) is 6. The van der Waals surface area contributed by atoms with E-state index >= 15 is 0 Å². The van der Waals surface area contributed by atoms with Crippen LogP contribution in [0.4, 0.5) is 5.82 Å². The first-order valence-corrected chi connectivity index (χ1v) is 10.5. The van der Waals surface area contributed by atoms with Crippen LogP contribution < -0.4 is 15.8 Å². The molecule has 0 atom stereocenters. The summed E-state index contributed by atoms with van der Waals surface area (Å²) in [7, 11) is 1.92. The number of imidazole rings is 1. The van der Waals surface area contributed by atoms with E-state index in [1.807, 2.05) is 41.9 Å². The monoisotopic (exact) mass is 458 g/mol. The van der Waals surface area contributed by atoms with Crippen molar-refractivity contribution in [2.45, 2.75) is 6.54 Å². The highest BCUT2D eigenvalue weighted by molar-refractivity contribution is 6.30. The van der Waals surface area contributed by atoms with Crippen LogP contribution in [-0.2, 0) is 13.6 Å². The zero-order valence-corrected chi connectivity index (χ0v) is 18.4. The number of benzene rings is 2. The highest BCUT2D eigenvalue weighted by Crippen LogP contribution is 2.28. The highest BCUT2D eigenvalue weighted by atomic mass is 35.5. The maximum absolute atomic E-state index is 13.0. The SMILES string of the molecule is Cn1cnc2cc(Oc3ncc(Cl)cc3C(=O)NCc3ccc4c(N)nccc4c3)ccc21. The number of amides is 1. The molecule has 5 aromatic rings. The molecule has 0 aliphatic heterocycles. The standard InChI is InChI=1S/C24H19ClN6O2/c1-31-13-30-20-10-17(3-5-21(20)31)33-24-19(9-16(25)12-29-24)23(32)28-11-14-2-4-18-15(8-14)6-7-27-22(18)26/h2-10,12-13H,11H2,1H3,(H2,26,27)(H,28,32). The van der Waals surface area contributed by atoms with Crippen molar-refractivity contribution in [3.63, 3.8) is 0 Å². The summed E-state index contributed by atoms with van der Waals surface area (Å²) in [6.45, 7) is 0.308. The third kappa shape index (κ3) is 4.16. The fourth-order valence-electron chi connectivity index (χ4n) is 3.60. The molecule has 5 rings (SSSR count). The zero-order valence-electron chi connectivity index (χ0n) is 17.6. The number of anilines is 1. The quantitative estimate of drug-likeness (QED) is 0.402. The third-order valence-corrected chi connectivity index (χ3v) is 5.49. The fourth-order valence-corrected chi connectivity index (χ4v) is 3.76. The number of aryl methyl sites for hydroxylation is 1. The molecule has 0 aliphatic rings. The Morgan fingerprint density at radius 3 is 2.88 bits per heavy atom. The van der Waals surface area contributed by atoms with Crippen LogP contribution in [0.5, 0.6) is 11.6 Å². The van der Waals surface area contributed by atoms with Crippen LogP contribution in [-0.4, -0.2) is 25.4 Å². The summed E-state index contributed by atoms with van der Waals surface area (Å²) in [6, 6.07) is 14.7. The van der Waals surface area contributed by atoms with Crippen LogP contribution in [0.1, 0.15) is 15.9 Å². The van der Waals surface area contributed by atoms with Gasteiger partial charge in [-0.25, -0.2) is 15.0 Å². The van der Waals surface area contributed by atoms with Crippen molar-refractivity contribution in [2.24, 2.45) is 7.05 Å². The van der Waals surface area contributed by atoms with E-state index < -0.39 is 0 Å². The van der Waals surface area contributed by atoms with Gasteiger partial charge in [0.25, 0.3) is 5.91 Å². The molecular formula is C24H19ClN6O2. The number of rotatable bonds is 5. The maximum atomic E-state index is 13.0. The molecule has 164 valence electrons. The van der Waals surface area contributed by atoms with Gasteiger partial charge in [-0.15, -0.1) is 0 Å². The normalized spacial score (nSPS) is 11.1. The Bertz CT molecular complexity index is 1510. The second-order valence-corrected chi connectivity index (χ2v) is 7.99. The second kappa shape index (κ2) is 8.40. The van der Waals surface area contributed by atoms with Crippen molar-refractivity contribution in [3.05, 3.63) is 83.4 Å². The van der Waals surface area contributed by atoms with Crippen LogP contribution in [0.15, 0.2) is 67.3 Å². The van der Waals surface area contributed by atoms with Crippen molar-refractivity contribution in [3.8, 4) is 11.6 Å². The van der Waals surface area contributed by atoms with Gasteiger partial charge in [-0.2, -0.15) is 0 Å². The number of halogens is 1. The van der Waals surface area contributed by atoms with E-state index in [1.54, 1.807) is 24.7 Å². The predicted octanol–water partition coefficient (Wildman–Crippen LogP) is 4.47. The lowest BCUT2D eigenvalue weighted by molar-refractivity contribution is 0.0948. The maximum Gasteiger partial charge on any atom is 0.257 e. The lowest BCUT2D eigenvalue weighted by Crippen LogP contribution is -2.23. The van der Waals surface area contributed by atoms with Crippen molar-refractivity contribution < 1.29 is 9.53 Å². The van der Waals surface area contributed by atoms with Crippen molar-refractivity contribution in [1.82, 2.24) is 24.8 Å². The summed E-state index contributed by atoms with van der Waals surface area (Å²) in [4.78, 5) is 25.6. The van der Waals surface area contributed by atoms with Crippen LogP contribution in [0, 0.1) is 0 Å². The van der Waals surface area contributed by atoms with E-state index in [1.165, 1.54) is 12.3 Å². The highest BCUT2D eigenvalue weighted by Gasteiger charge is 2.16. The summed E-state index contributed by atoms with van der Waals surface area (Å²) in [5.74, 6) is 0.794. The molecular weight excluding hydrogens is 440 g/mol. The van der Waals surface area contributed by atoms with E-state index in [0.29, 0.717) is 23.1 Å². The van der Waals surface area contributed by atoms with Crippen molar-refractivity contribution >= 4 is 45.1 Å². The second-order valence-electron chi connectivity index (χ2n) is 7.55. The van der Waals surface area contributed by atoms with Gasteiger partial charge in [0.2, 0.25) is 5.88 Å². The average molecular weight is 459 g/mol. The fraction of sp³-hybridized carbons (Fsp3) is 0.0833. The number of ether oxygens (including phenoxy) is 1.